The highest BCUT2D eigenvalue weighted by atomic mass is 35.5. The first-order valence-corrected chi connectivity index (χ1v) is 6.28. The van der Waals surface area contributed by atoms with Crippen molar-refractivity contribution < 1.29 is 0 Å². The molecule has 92 valence electrons. The lowest BCUT2D eigenvalue weighted by molar-refractivity contribution is 0.500. The van der Waals surface area contributed by atoms with Crippen molar-refractivity contribution in [1.29, 1.82) is 0 Å². The highest BCUT2D eigenvalue weighted by Gasteiger charge is 2.19. The first-order chi connectivity index (χ1) is 7.16. The Kier molecular flexibility index (Phi) is 4.95. The maximum Gasteiger partial charge on any atom is 0.205 e. The number of hydrogen-bond acceptors (Lipinski definition) is 5. The number of anilines is 1. The summed E-state index contributed by atoms with van der Waals surface area (Å²) in [5.74, 6) is 1.38. The molecule has 0 aromatic carbocycles. The lowest BCUT2D eigenvalue weighted by Gasteiger charge is -2.29. The van der Waals surface area contributed by atoms with Crippen molar-refractivity contribution in [3.63, 3.8) is 0 Å². The molecule has 0 bridgehead atoms. The minimum atomic E-state index is 0. The van der Waals surface area contributed by atoms with Crippen LogP contribution in [0.4, 0.5) is 5.13 Å². The van der Waals surface area contributed by atoms with E-state index in [1.54, 1.807) is 0 Å². The van der Waals surface area contributed by atoms with Gasteiger partial charge in [-0.2, -0.15) is 4.37 Å². The Bertz CT molecular complexity index is 320. The van der Waals surface area contributed by atoms with Gasteiger partial charge in [-0.1, -0.05) is 13.8 Å². The highest BCUT2D eigenvalue weighted by Crippen LogP contribution is 2.23. The molecule has 2 N–H and O–H groups in total. The summed E-state index contributed by atoms with van der Waals surface area (Å²) in [4.78, 5) is 6.85. The molecule has 4 nitrogen and oxygen atoms in total. The summed E-state index contributed by atoms with van der Waals surface area (Å²) < 4.78 is 4.37. The molecule has 2 heterocycles. The number of rotatable bonds is 2. The van der Waals surface area contributed by atoms with Crippen LogP contribution in [0.25, 0.3) is 0 Å². The van der Waals surface area contributed by atoms with Crippen LogP contribution in [-0.2, 0) is 0 Å². The van der Waals surface area contributed by atoms with Crippen molar-refractivity contribution in [3.8, 4) is 0 Å². The third kappa shape index (κ3) is 3.06. The van der Waals surface area contributed by atoms with E-state index >= 15 is 0 Å². The summed E-state index contributed by atoms with van der Waals surface area (Å²) in [5.41, 5.74) is 5.87. The summed E-state index contributed by atoms with van der Waals surface area (Å²) in [6.07, 6.45) is 2.13. The van der Waals surface area contributed by atoms with Crippen LogP contribution in [0.15, 0.2) is 0 Å². The van der Waals surface area contributed by atoms with Crippen LogP contribution in [0.3, 0.4) is 0 Å². The number of nitrogens with two attached hydrogens (primary N) is 1. The van der Waals surface area contributed by atoms with E-state index in [0.29, 0.717) is 12.0 Å². The van der Waals surface area contributed by atoms with E-state index < -0.39 is 0 Å². The second-order valence-corrected chi connectivity index (χ2v) is 5.14. The zero-order valence-corrected chi connectivity index (χ0v) is 11.4. The van der Waals surface area contributed by atoms with E-state index in [9.17, 15) is 0 Å². The van der Waals surface area contributed by atoms with Gasteiger partial charge < -0.3 is 10.6 Å². The first-order valence-electron chi connectivity index (χ1n) is 5.51. The second kappa shape index (κ2) is 5.80. The van der Waals surface area contributed by atoms with Crippen molar-refractivity contribution in [1.82, 2.24) is 9.36 Å². The van der Waals surface area contributed by atoms with Crippen molar-refractivity contribution in [2.45, 2.75) is 38.6 Å². The van der Waals surface area contributed by atoms with E-state index in [2.05, 4.69) is 28.1 Å². The van der Waals surface area contributed by atoms with E-state index in [1.807, 2.05) is 0 Å². The van der Waals surface area contributed by atoms with Gasteiger partial charge in [0.25, 0.3) is 0 Å². The average Bonchev–Trinajstić information content (AvgIpc) is 2.68. The normalized spacial score (nSPS) is 17.6. The van der Waals surface area contributed by atoms with Gasteiger partial charge in [0.1, 0.15) is 5.82 Å². The van der Waals surface area contributed by atoms with Crippen LogP contribution >= 0.6 is 23.9 Å². The minimum absolute atomic E-state index is 0. The van der Waals surface area contributed by atoms with Gasteiger partial charge in [-0.15, -0.1) is 12.4 Å². The summed E-state index contributed by atoms with van der Waals surface area (Å²) in [5, 5.41) is 1.06. The first kappa shape index (κ1) is 13.7. The molecule has 6 heteroatoms. The molecule has 0 spiro atoms. The van der Waals surface area contributed by atoms with E-state index in [4.69, 9.17) is 5.73 Å². The molecule has 1 aromatic rings. The molecule has 0 radical (unpaired) electrons. The largest absolute Gasteiger partial charge is 0.347 e. The monoisotopic (exact) mass is 262 g/mol. The molecular weight excluding hydrogens is 244 g/mol. The van der Waals surface area contributed by atoms with E-state index in [0.717, 1.165) is 36.9 Å². The van der Waals surface area contributed by atoms with Crippen LogP contribution in [-0.4, -0.2) is 28.5 Å². The van der Waals surface area contributed by atoms with Crippen LogP contribution in [0.1, 0.15) is 38.4 Å². The number of nitrogens with zero attached hydrogens (tertiary/aromatic N) is 3. The molecule has 16 heavy (non-hydrogen) atoms. The van der Waals surface area contributed by atoms with Crippen molar-refractivity contribution in [2.24, 2.45) is 5.73 Å². The van der Waals surface area contributed by atoms with Crippen molar-refractivity contribution in [3.05, 3.63) is 5.82 Å². The van der Waals surface area contributed by atoms with Gasteiger partial charge in [-0.05, 0) is 12.8 Å². The lowest BCUT2D eigenvalue weighted by Crippen LogP contribution is -2.39. The smallest absolute Gasteiger partial charge is 0.205 e. The fourth-order valence-electron chi connectivity index (χ4n) is 1.68. The molecule has 1 fully saturated rings. The molecule has 0 atom stereocenters. The lowest BCUT2D eigenvalue weighted by atomic mass is 10.1. The Morgan fingerprint density at radius 1 is 1.38 bits per heavy atom. The Hall–Kier alpha value is -0.390. The van der Waals surface area contributed by atoms with Gasteiger partial charge in [-0.25, -0.2) is 4.98 Å². The van der Waals surface area contributed by atoms with Gasteiger partial charge in [0, 0.05) is 36.6 Å². The van der Waals surface area contributed by atoms with Crippen LogP contribution < -0.4 is 10.6 Å². The van der Waals surface area contributed by atoms with Gasteiger partial charge in [0.15, 0.2) is 0 Å². The van der Waals surface area contributed by atoms with Crippen LogP contribution in [0, 0.1) is 0 Å². The third-order valence-corrected chi connectivity index (χ3v) is 3.55. The van der Waals surface area contributed by atoms with E-state index in [-0.39, 0.29) is 12.4 Å². The van der Waals surface area contributed by atoms with Gasteiger partial charge in [-0.3, -0.25) is 0 Å². The Labute approximate surface area is 107 Å². The fourth-order valence-corrected chi connectivity index (χ4v) is 2.54. The molecule has 0 aliphatic carbocycles. The number of halogens is 1. The summed E-state index contributed by atoms with van der Waals surface area (Å²) >= 11 is 1.51. The molecule has 1 aliphatic heterocycles. The Morgan fingerprint density at radius 3 is 2.50 bits per heavy atom. The zero-order valence-electron chi connectivity index (χ0n) is 9.72. The van der Waals surface area contributed by atoms with Crippen LogP contribution in [0.5, 0.6) is 0 Å². The average molecular weight is 263 g/mol. The molecule has 2 rings (SSSR count). The molecule has 0 amide bonds. The summed E-state index contributed by atoms with van der Waals surface area (Å²) in [6, 6.07) is 0.374. The zero-order chi connectivity index (χ0) is 10.8. The number of aromatic nitrogens is 2. The second-order valence-electron chi connectivity index (χ2n) is 4.41. The molecule has 1 saturated heterocycles. The maximum absolute atomic E-state index is 5.87. The minimum Gasteiger partial charge on any atom is -0.347 e. The molecule has 0 unspecified atom stereocenters. The summed E-state index contributed by atoms with van der Waals surface area (Å²) in [7, 11) is 0. The highest BCUT2D eigenvalue weighted by molar-refractivity contribution is 7.09. The standard InChI is InChI=1S/C10H18N4S.ClH/c1-7(2)9-12-10(15-13-9)14-5-3-8(11)4-6-14;/h7-8H,3-6,11H2,1-2H3;1H. The predicted molar refractivity (Wildman–Crippen MR) is 70.7 cm³/mol. The van der Waals surface area contributed by atoms with Crippen molar-refractivity contribution >= 4 is 29.1 Å². The molecule has 1 aromatic heterocycles. The van der Waals surface area contributed by atoms with Crippen LogP contribution in [0.2, 0.25) is 0 Å². The summed E-state index contributed by atoms with van der Waals surface area (Å²) in [6.45, 7) is 6.29. The topological polar surface area (TPSA) is 55.0 Å². The quantitative estimate of drug-likeness (QED) is 0.886. The van der Waals surface area contributed by atoms with E-state index in [1.165, 1.54) is 11.5 Å². The SMILES string of the molecule is CC(C)c1nsc(N2CCC(N)CC2)n1.Cl. The van der Waals surface area contributed by atoms with Gasteiger partial charge in [0.2, 0.25) is 5.13 Å². The fraction of sp³-hybridized carbons (Fsp3) is 0.800. The Balaban J connectivity index is 0.00000128. The van der Waals surface area contributed by atoms with Crippen molar-refractivity contribution in [2.75, 3.05) is 18.0 Å². The number of piperidine rings is 1. The predicted octanol–water partition coefficient (Wildman–Crippen LogP) is 2.01. The van der Waals surface area contributed by atoms with Gasteiger partial charge in [0.05, 0.1) is 0 Å². The third-order valence-electron chi connectivity index (χ3n) is 2.76. The van der Waals surface area contributed by atoms with Gasteiger partial charge >= 0.3 is 0 Å². The Morgan fingerprint density at radius 2 is 2.00 bits per heavy atom. The number of hydrogen-bond donors (Lipinski definition) is 1. The molecular formula is C10H19ClN4S. The molecule has 0 saturated carbocycles. The maximum atomic E-state index is 5.87. The molecule has 1 aliphatic rings.